The zero-order chi connectivity index (χ0) is 28.8. The van der Waals surface area contributed by atoms with Crippen LogP contribution in [0.3, 0.4) is 0 Å². The molecule has 2 aromatic heterocycles. The van der Waals surface area contributed by atoms with E-state index in [1.54, 1.807) is 24.3 Å². The van der Waals surface area contributed by atoms with Crippen LogP contribution in [-0.2, 0) is 5.67 Å². The summed E-state index contributed by atoms with van der Waals surface area (Å²) in [7, 11) is 0. The van der Waals surface area contributed by atoms with Gasteiger partial charge in [-0.25, -0.2) is 19.2 Å². The van der Waals surface area contributed by atoms with Crippen LogP contribution in [0.15, 0.2) is 61.1 Å². The van der Waals surface area contributed by atoms with Crippen LogP contribution in [0.25, 0.3) is 22.2 Å². The van der Waals surface area contributed by atoms with Crippen LogP contribution in [0.2, 0.25) is 0 Å². The van der Waals surface area contributed by atoms with E-state index in [4.69, 9.17) is 5.73 Å². The van der Waals surface area contributed by atoms with Crippen molar-refractivity contribution in [2.45, 2.75) is 37.9 Å². The molecule has 4 N–H and O–H groups in total. The Morgan fingerprint density at radius 2 is 1.36 bits per heavy atom. The van der Waals surface area contributed by atoms with E-state index in [0.29, 0.717) is 34.7 Å². The fraction of sp³-hybridized carbons (Fsp3) is 0.240. The molecule has 0 bridgehead atoms. The first-order valence-electron chi connectivity index (χ1n) is 11.4. The second kappa shape index (κ2) is 9.75. The van der Waals surface area contributed by atoms with Gasteiger partial charge in [0.25, 0.3) is 0 Å². The average molecular weight is 554 g/mol. The third kappa shape index (κ3) is 5.05. The molecule has 2 amide bonds. The average Bonchev–Trinajstić information content (AvgIpc) is 3.24. The molecule has 0 fully saturated rings. The maximum Gasteiger partial charge on any atom is 0.435 e. The van der Waals surface area contributed by atoms with Crippen molar-refractivity contribution in [2.75, 3.05) is 16.4 Å². The number of anilines is 3. The van der Waals surface area contributed by atoms with Crippen LogP contribution in [-0.4, -0.2) is 32.9 Å². The molecule has 0 aliphatic rings. The number of halogens is 7. The molecule has 2 heterocycles. The lowest BCUT2D eigenvalue weighted by Crippen LogP contribution is -2.50. The quantitative estimate of drug-likeness (QED) is 0.227. The first-order chi connectivity index (χ1) is 18.1. The molecular weight excluding hydrogens is 533 g/mol. The lowest BCUT2D eigenvalue weighted by molar-refractivity contribution is -0.348. The zero-order valence-electron chi connectivity index (χ0n) is 20.3. The number of fused-ring (bicyclic) bond motifs is 1. The van der Waals surface area contributed by atoms with Crippen molar-refractivity contribution >= 4 is 34.3 Å². The Hall–Kier alpha value is -4.36. The van der Waals surface area contributed by atoms with Gasteiger partial charge in [0, 0.05) is 34.7 Å². The van der Waals surface area contributed by atoms with E-state index in [1.165, 1.54) is 6.33 Å². The van der Waals surface area contributed by atoms with Gasteiger partial charge in [-0.3, -0.25) is 0 Å². The molecule has 14 heteroatoms. The lowest BCUT2D eigenvalue weighted by atomic mass is 9.94. The summed E-state index contributed by atoms with van der Waals surface area (Å²) in [5, 5.41) is 5.43. The molecule has 0 radical (unpaired) electrons. The third-order valence-corrected chi connectivity index (χ3v) is 5.97. The first kappa shape index (κ1) is 27.7. The maximum atomic E-state index is 14.2. The van der Waals surface area contributed by atoms with Crippen molar-refractivity contribution in [1.29, 1.82) is 0 Å². The van der Waals surface area contributed by atoms with Crippen molar-refractivity contribution in [3.8, 4) is 11.1 Å². The molecule has 7 nitrogen and oxygen atoms in total. The summed E-state index contributed by atoms with van der Waals surface area (Å²) < 4.78 is 93.6. The topological polar surface area (TPSA) is 97.9 Å². The van der Waals surface area contributed by atoms with Gasteiger partial charge in [-0.1, -0.05) is 24.3 Å². The minimum absolute atomic E-state index is 0.0949. The number of alkyl halides is 7. The van der Waals surface area contributed by atoms with E-state index in [1.807, 2.05) is 24.6 Å². The minimum atomic E-state index is -6.23. The first-order valence-corrected chi connectivity index (χ1v) is 11.4. The van der Waals surface area contributed by atoms with E-state index < -0.39 is 29.6 Å². The number of hydrogen-bond donors (Lipinski definition) is 3. The monoisotopic (exact) mass is 554 g/mol. The Labute approximate surface area is 216 Å². The van der Waals surface area contributed by atoms with Gasteiger partial charge in [-0.2, -0.15) is 26.3 Å². The van der Waals surface area contributed by atoms with E-state index in [9.17, 15) is 35.5 Å². The van der Waals surface area contributed by atoms with Gasteiger partial charge in [0.2, 0.25) is 0 Å². The Morgan fingerprint density at radius 3 is 1.85 bits per heavy atom. The molecule has 0 spiro atoms. The fourth-order valence-electron chi connectivity index (χ4n) is 4.02. The Bertz CT molecular complexity index is 1480. The van der Waals surface area contributed by atoms with Crippen molar-refractivity contribution in [1.82, 2.24) is 14.5 Å². The van der Waals surface area contributed by atoms with Gasteiger partial charge in [-0.05, 0) is 43.7 Å². The van der Waals surface area contributed by atoms with Gasteiger partial charge >= 0.3 is 24.1 Å². The number of nitrogens with two attached hydrogens (primary N) is 1. The zero-order valence-corrected chi connectivity index (χ0v) is 20.3. The van der Waals surface area contributed by atoms with Gasteiger partial charge in [-0.15, -0.1) is 0 Å². The largest absolute Gasteiger partial charge is 0.435 e. The summed E-state index contributed by atoms with van der Waals surface area (Å²) in [5.74, 6) is 0.303. The Morgan fingerprint density at radius 1 is 0.846 bits per heavy atom. The van der Waals surface area contributed by atoms with Gasteiger partial charge in [0.05, 0.1) is 5.39 Å². The molecule has 0 aliphatic heterocycles. The number of benzene rings is 2. The molecule has 0 atom stereocenters. The molecule has 4 aromatic rings. The summed E-state index contributed by atoms with van der Waals surface area (Å²) in [6.45, 7) is 3.97. The molecule has 0 unspecified atom stereocenters. The highest BCUT2D eigenvalue weighted by molar-refractivity contribution is 6.02. The summed E-state index contributed by atoms with van der Waals surface area (Å²) in [6.07, 6.45) is -9.19. The lowest BCUT2D eigenvalue weighted by Gasteiger charge is -2.30. The van der Waals surface area contributed by atoms with Crippen molar-refractivity contribution in [3.05, 3.63) is 66.6 Å². The van der Waals surface area contributed by atoms with Gasteiger partial charge < -0.3 is 20.9 Å². The highest BCUT2D eigenvalue weighted by Gasteiger charge is 2.73. The summed E-state index contributed by atoms with van der Waals surface area (Å²) >= 11 is 0. The number of nitrogen functional groups attached to an aromatic ring is 1. The van der Waals surface area contributed by atoms with Crippen molar-refractivity contribution in [3.63, 3.8) is 0 Å². The van der Waals surface area contributed by atoms with E-state index in [0.717, 1.165) is 23.3 Å². The van der Waals surface area contributed by atoms with E-state index >= 15 is 0 Å². The smallest absolute Gasteiger partial charge is 0.383 e. The number of urea groups is 1. The molecule has 0 saturated heterocycles. The Kier molecular flexibility index (Phi) is 6.91. The van der Waals surface area contributed by atoms with Crippen LogP contribution in [0.1, 0.15) is 25.5 Å². The van der Waals surface area contributed by atoms with Gasteiger partial charge in [0.1, 0.15) is 17.8 Å². The second-order valence-electron chi connectivity index (χ2n) is 8.89. The number of nitrogens with one attached hydrogen (secondary N) is 2. The fourth-order valence-corrected chi connectivity index (χ4v) is 4.02. The number of carbonyl (C=O) groups is 1. The summed E-state index contributed by atoms with van der Waals surface area (Å²) in [4.78, 5) is 20.7. The maximum absolute atomic E-state index is 14.2. The predicted octanol–water partition coefficient (Wildman–Crippen LogP) is 7.19. The SMILES string of the molecule is CC(C)n1cc(-c2ccc(NC(=O)Nc3ccc(C(F)(C(F)(F)F)C(F)(F)F)cc3)cc2)c2c(N)ncnc21. The van der Waals surface area contributed by atoms with Crippen LogP contribution in [0.5, 0.6) is 0 Å². The van der Waals surface area contributed by atoms with E-state index in [-0.39, 0.29) is 11.7 Å². The number of amides is 2. The summed E-state index contributed by atoms with van der Waals surface area (Å²) in [5.41, 5.74) is 1.25. The second-order valence-corrected chi connectivity index (χ2v) is 8.89. The van der Waals surface area contributed by atoms with Crippen molar-refractivity contribution in [2.24, 2.45) is 0 Å². The molecule has 39 heavy (non-hydrogen) atoms. The molecule has 2 aromatic carbocycles. The number of aromatic nitrogens is 3. The molecule has 206 valence electrons. The van der Waals surface area contributed by atoms with E-state index in [2.05, 4.69) is 20.6 Å². The summed E-state index contributed by atoms with van der Waals surface area (Å²) in [6, 6.07) is 7.96. The predicted molar refractivity (Wildman–Crippen MR) is 132 cm³/mol. The highest BCUT2D eigenvalue weighted by atomic mass is 19.4. The highest BCUT2D eigenvalue weighted by Crippen LogP contribution is 2.53. The number of hydrogen-bond acceptors (Lipinski definition) is 4. The Balaban J connectivity index is 1.49. The van der Waals surface area contributed by atoms with Crippen molar-refractivity contribution < 1.29 is 35.5 Å². The normalized spacial score (nSPS) is 12.7. The molecular formula is C25H21F7N6O. The van der Waals surface area contributed by atoms with Crippen LogP contribution < -0.4 is 16.4 Å². The number of nitrogens with zero attached hydrogens (tertiary/aromatic N) is 3. The minimum Gasteiger partial charge on any atom is -0.383 e. The third-order valence-electron chi connectivity index (χ3n) is 5.97. The molecule has 0 saturated carbocycles. The molecule has 0 aliphatic carbocycles. The van der Waals surface area contributed by atoms with Crippen LogP contribution in [0, 0.1) is 0 Å². The number of rotatable bonds is 5. The molecule has 4 rings (SSSR count). The number of carbonyl (C=O) groups excluding carboxylic acids is 1. The van der Waals surface area contributed by atoms with Crippen LogP contribution >= 0.6 is 0 Å². The van der Waals surface area contributed by atoms with Gasteiger partial charge in [0.15, 0.2) is 0 Å². The van der Waals surface area contributed by atoms with Crippen LogP contribution in [0.4, 0.5) is 52.7 Å². The standard InChI is InChI=1S/C25H21F7N6O/c1-13(2)38-11-18(19-20(33)34-12-35-21(19)38)14-3-7-16(8-4-14)36-22(39)37-17-9-5-15(6-10-17)23(26,24(27,28)29)25(30,31)32/h3-13H,1-2H3,(H2,33,34,35)(H2,36,37,39).